The number of nitrogens with zero attached hydrogens (tertiary/aromatic N) is 2. The van der Waals surface area contributed by atoms with E-state index < -0.39 is 39.5 Å². The van der Waals surface area contributed by atoms with E-state index >= 15 is 0 Å². The van der Waals surface area contributed by atoms with Crippen LogP contribution >= 0.6 is 0 Å². The molecule has 0 aliphatic rings. The smallest absolute Gasteiger partial charge is 0.322 e. The van der Waals surface area contributed by atoms with E-state index in [1.54, 1.807) is 13.8 Å². The van der Waals surface area contributed by atoms with Crippen LogP contribution < -0.4 is 0 Å². The fourth-order valence-corrected chi connectivity index (χ4v) is 3.90. The van der Waals surface area contributed by atoms with Crippen molar-refractivity contribution in [2.75, 3.05) is 13.2 Å². The summed E-state index contributed by atoms with van der Waals surface area (Å²) < 4.78 is 31.3. The maximum Gasteiger partial charge on any atom is 0.322 e. The normalized spacial score (nSPS) is 12.8. The Bertz CT molecular complexity index is 789. The molecule has 1 unspecified atom stereocenters. The molecule has 1 aromatic rings. The van der Waals surface area contributed by atoms with E-state index in [4.69, 9.17) is 4.74 Å². The molecule has 0 saturated carbocycles. The Kier molecular flexibility index (Phi) is 7.85. The van der Waals surface area contributed by atoms with Crippen molar-refractivity contribution in [2.45, 2.75) is 38.1 Å². The summed E-state index contributed by atoms with van der Waals surface area (Å²) in [4.78, 5) is 33.3. The molecular weight excluding hydrogens is 380 g/mol. The molecule has 10 nitrogen and oxygen atoms in total. The topological polar surface area (TPSA) is 144 Å². The van der Waals surface area contributed by atoms with Crippen LogP contribution in [0.2, 0.25) is 0 Å². The van der Waals surface area contributed by atoms with Gasteiger partial charge in [0.05, 0.1) is 16.4 Å². The third kappa shape index (κ3) is 6.00. The summed E-state index contributed by atoms with van der Waals surface area (Å²) >= 11 is 0. The average molecular weight is 402 g/mol. The first kappa shape index (κ1) is 22.5. The average Bonchev–Trinajstić information content (AvgIpc) is 2.57. The molecule has 0 aromatic heterocycles. The highest BCUT2D eigenvalue weighted by atomic mass is 32.2. The monoisotopic (exact) mass is 402 g/mol. The fourth-order valence-electron chi connectivity index (χ4n) is 2.36. The number of carboxylic acid groups (broad SMARTS) is 1. The first-order valence-electron chi connectivity index (χ1n) is 8.15. The predicted octanol–water partition coefficient (Wildman–Crippen LogP) is 1.65. The highest BCUT2D eigenvalue weighted by molar-refractivity contribution is 7.89. The molecule has 0 aliphatic carbocycles. The number of hydrogen-bond acceptors (Lipinski definition) is 7. The second-order valence-corrected chi connectivity index (χ2v) is 7.98. The van der Waals surface area contributed by atoms with E-state index in [1.807, 2.05) is 0 Å². The minimum Gasteiger partial charge on any atom is -0.480 e. The number of carbonyl (C=O) groups is 2. The van der Waals surface area contributed by atoms with Gasteiger partial charge in [0.1, 0.15) is 12.6 Å². The van der Waals surface area contributed by atoms with Crippen LogP contribution in [0.3, 0.4) is 0 Å². The molecule has 0 bridgehead atoms. The van der Waals surface area contributed by atoms with Crippen LogP contribution in [-0.4, -0.2) is 53.9 Å². The number of non-ortho nitro benzene ring substituents is 1. The molecule has 1 rings (SSSR count). The predicted molar refractivity (Wildman–Crippen MR) is 94.5 cm³/mol. The lowest BCUT2D eigenvalue weighted by atomic mass is 10.0. The number of carboxylic acids is 1. The number of rotatable bonds is 10. The zero-order valence-electron chi connectivity index (χ0n) is 15.2. The van der Waals surface area contributed by atoms with Gasteiger partial charge in [-0.2, -0.15) is 4.31 Å². The summed E-state index contributed by atoms with van der Waals surface area (Å²) in [5.74, 6) is -2.46. The molecule has 150 valence electrons. The van der Waals surface area contributed by atoms with Crippen molar-refractivity contribution in [3.8, 4) is 0 Å². The first-order chi connectivity index (χ1) is 12.5. The molecule has 1 aromatic carbocycles. The van der Waals surface area contributed by atoms with Gasteiger partial charge in [0, 0.05) is 12.1 Å². The van der Waals surface area contributed by atoms with Gasteiger partial charge in [0.2, 0.25) is 10.0 Å². The zero-order valence-corrected chi connectivity index (χ0v) is 16.0. The molecule has 27 heavy (non-hydrogen) atoms. The van der Waals surface area contributed by atoms with Gasteiger partial charge in [0.15, 0.2) is 0 Å². The van der Waals surface area contributed by atoms with Crippen LogP contribution in [0.4, 0.5) is 5.69 Å². The fraction of sp³-hybridized carbons (Fsp3) is 0.500. The van der Waals surface area contributed by atoms with Gasteiger partial charge in [-0.15, -0.1) is 0 Å². The largest absolute Gasteiger partial charge is 0.480 e. The highest BCUT2D eigenvalue weighted by Crippen LogP contribution is 2.24. The highest BCUT2D eigenvalue weighted by Gasteiger charge is 2.38. The van der Waals surface area contributed by atoms with E-state index in [-0.39, 0.29) is 29.5 Å². The Hall–Kier alpha value is -2.53. The molecule has 1 N–H and O–H groups in total. The number of aliphatic carboxylic acids is 1. The first-order valence-corrected chi connectivity index (χ1v) is 9.59. The molecular formula is C16H22N2O8S. The Morgan fingerprint density at radius 1 is 1.26 bits per heavy atom. The maximum atomic E-state index is 13.0. The van der Waals surface area contributed by atoms with Gasteiger partial charge >= 0.3 is 11.9 Å². The molecule has 0 spiro atoms. The van der Waals surface area contributed by atoms with Crippen molar-refractivity contribution in [1.29, 1.82) is 0 Å². The number of carbonyl (C=O) groups excluding carboxylic acids is 1. The number of ether oxygens (including phenoxy) is 1. The molecule has 0 saturated heterocycles. The van der Waals surface area contributed by atoms with Gasteiger partial charge in [-0.1, -0.05) is 13.8 Å². The molecule has 1 atom stereocenters. The summed E-state index contributed by atoms with van der Waals surface area (Å²) in [5.41, 5.74) is -0.317. The number of esters is 1. The Labute approximate surface area is 156 Å². The van der Waals surface area contributed by atoms with Crippen molar-refractivity contribution < 1.29 is 32.8 Å². The number of sulfonamides is 1. The van der Waals surface area contributed by atoms with Crippen LogP contribution in [0.5, 0.6) is 0 Å². The third-order valence-electron chi connectivity index (χ3n) is 3.57. The van der Waals surface area contributed by atoms with Gasteiger partial charge in [0.25, 0.3) is 5.69 Å². The summed E-state index contributed by atoms with van der Waals surface area (Å²) in [5, 5.41) is 20.3. The molecule has 11 heteroatoms. The summed E-state index contributed by atoms with van der Waals surface area (Å²) in [6.07, 6.45) is -0.0268. The number of hydrogen-bond donors (Lipinski definition) is 1. The van der Waals surface area contributed by atoms with Crippen molar-refractivity contribution >= 4 is 27.6 Å². The van der Waals surface area contributed by atoms with Crippen molar-refractivity contribution in [3.05, 3.63) is 34.4 Å². The Balaban J connectivity index is 3.38. The van der Waals surface area contributed by atoms with E-state index in [2.05, 4.69) is 0 Å². The summed E-state index contributed by atoms with van der Waals surface area (Å²) in [7, 11) is -4.42. The molecule has 0 radical (unpaired) electrons. The van der Waals surface area contributed by atoms with Crippen molar-refractivity contribution in [3.63, 3.8) is 0 Å². The van der Waals surface area contributed by atoms with Gasteiger partial charge in [-0.3, -0.25) is 19.7 Å². The number of nitro groups is 1. The van der Waals surface area contributed by atoms with Crippen LogP contribution in [0.1, 0.15) is 27.2 Å². The van der Waals surface area contributed by atoms with Gasteiger partial charge < -0.3 is 9.84 Å². The van der Waals surface area contributed by atoms with Crippen LogP contribution in [0.25, 0.3) is 0 Å². The standard InChI is InChI=1S/C16H22N2O8S/c1-4-26-15(19)10-17(14(16(20)21)9-11(2)3)27(24,25)13-7-5-12(6-8-13)18(22)23/h5-8,11,14H,4,9-10H2,1-3H3,(H,20,21). The number of benzene rings is 1. The van der Waals surface area contributed by atoms with Crippen LogP contribution in [0.15, 0.2) is 29.2 Å². The van der Waals surface area contributed by atoms with E-state index in [0.29, 0.717) is 4.31 Å². The van der Waals surface area contributed by atoms with Crippen LogP contribution in [0, 0.1) is 16.0 Å². The molecule has 0 amide bonds. The van der Waals surface area contributed by atoms with Gasteiger partial charge in [-0.05, 0) is 31.4 Å². The lowest BCUT2D eigenvalue weighted by Crippen LogP contribution is -2.48. The minimum atomic E-state index is -4.42. The molecule has 0 fully saturated rings. The summed E-state index contributed by atoms with van der Waals surface area (Å²) in [6, 6.07) is 2.50. The SMILES string of the molecule is CCOC(=O)CN(C(CC(C)C)C(=O)O)S(=O)(=O)c1ccc([N+](=O)[O-])cc1. The minimum absolute atomic E-state index is 0.00612. The van der Waals surface area contributed by atoms with Crippen molar-refractivity contribution in [1.82, 2.24) is 4.31 Å². The quantitative estimate of drug-likeness (QED) is 0.353. The number of nitro benzene ring substituents is 1. The van der Waals surface area contributed by atoms with E-state index in [0.717, 1.165) is 24.3 Å². The van der Waals surface area contributed by atoms with Gasteiger partial charge in [-0.25, -0.2) is 8.42 Å². The Morgan fingerprint density at radius 3 is 2.22 bits per heavy atom. The van der Waals surface area contributed by atoms with E-state index in [1.165, 1.54) is 6.92 Å². The Morgan fingerprint density at radius 2 is 1.81 bits per heavy atom. The molecule has 0 heterocycles. The van der Waals surface area contributed by atoms with Crippen molar-refractivity contribution in [2.24, 2.45) is 5.92 Å². The third-order valence-corrected chi connectivity index (χ3v) is 5.44. The second kappa shape index (κ2) is 9.42. The van der Waals surface area contributed by atoms with E-state index in [9.17, 15) is 33.2 Å². The second-order valence-electron chi connectivity index (χ2n) is 6.09. The lowest BCUT2D eigenvalue weighted by molar-refractivity contribution is -0.384. The zero-order chi connectivity index (χ0) is 20.8. The molecule has 0 aliphatic heterocycles. The maximum absolute atomic E-state index is 13.0. The summed E-state index contributed by atoms with van der Waals surface area (Å²) in [6.45, 7) is 4.20. The van der Waals surface area contributed by atoms with Crippen LogP contribution in [-0.2, 0) is 24.3 Å². The lowest BCUT2D eigenvalue weighted by Gasteiger charge is -2.28.